The first-order valence-electron chi connectivity index (χ1n) is 13.6. The van der Waals surface area contributed by atoms with Crippen molar-refractivity contribution < 1.29 is 24.6 Å². The van der Waals surface area contributed by atoms with Gasteiger partial charge < -0.3 is 31.5 Å². The Morgan fingerprint density at radius 1 is 0.951 bits per heavy atom. The van der Waals surface area contributed by atoms with Crippen molar-refractivity contribution in [2.45, 2.75) is 58.2 Å². The highest BCUT2D eigenvalue weighted by Crippen LogP contribution is 2.27. The highest BCUT2D eigenvalue weighted by molar-refractivity contribution is 5.85. The predicted molar refractivity (Wildman–Crippen MR) is 158 cm³/mol. The number of aromatic hydroxyl groups is 1. The molecule has 2 unspecified atom stereocenters. The highest BCUT2D eigenvalue weighted by Gasteiger charge is 2.30. The van der Waals surface area contributed by atoms with Crippen LogP contribution in [-0.2, 0) is 16.1 Å². The number of carboxylic acid groups (broad SMARTS) is 1. The number of phenols is 1. The van der Waals surface area contributed by atoms with Crippen LogP contribution >= 0.6 is 0 Å². The summed E-state index contributed by atoms with van der Waals surface area (Å²) in [6.07, 6.45) is -1.08. The molecule has 0 bridgehead atoms. The van der Waals surface area contributed by atoms with Crippen LogP contribution in [0.3, 0.4) is 0 Å². The fraction of sp³-hybridized carbons (Fsp3) is 0.344. The Hall–Kier alpha value is -4.37. The number of amides is 3. The molecular formula is C32H40N4O5. The van der Waals surface area contributed by atoms with Gasteiger partial charge in [-0.05, 0) is 67.6 Å². The molecular weight excluding hydrogens is 520 g/mol. The molecule has 0 fully saturated rings. The van der Waals surface area contributed by atoms with Gasteiger partial charge in [-0.25, -0.2) is 4.79 Å². The van der Waals surface area contributed by atoms with Crippen molar-refractivity contribution in [3.63, 3.8) is 0 Å². The molecule has 218 valence electrons. The third-order valence-electron chi connectivity index (χ3n) is 6.95. The Bertz CT molecular complexity index is 1320. The lowest BCUT2D eigenvalue weighted by Crippen LogP contribution is -2.53. The van der Waals surface area contributed by atoms with E-state index in [0.29, 0.717) is 5.56 Å². The monoisotopic (exact) mass is 560 g/mol. The average molecular weight is 561 g/mol. The first-order valence-corrected chi connectivity index (χ1v) is 13.6. The molecule has 6 N–H and O–H groups in total. The van der Waals surface area contributed by atoms with E-state index in [9.17, 15) is 24.6 Å². The predicted octanol–water partition coefficient (Wildman–Crippen LogP) is 4.37. The Kier molecular flexibility index (Phi) is 10.5. The highest BCUT2D eigenvalue weighted by atomic mass is 16.4. The van der Waals surface area contributed by atoms with Crippen molar-refractivity contribution in [3.8, 4) is 5.75 Å². The zero-order valence-corrected chi connectivity index (χ0v) is 24.1. The number of carbonyl (C=O) groups excluding carboxylic acids is 2. The SMILES string of the molecule is Cc1cc(O)cc(C)c1C(N)CC(=O)NCC(C)(C)NC(=O)C(CN(Cc1ccccc1)C(=O)O)c1ccccc1. The van der Waals surface area contributed by atoms with Crippen LogP contribution in [-0.4, -0.2) is 51.6 Å². The van der Waals surface area contributed by atoms with Crippen molar-refractivity contribution >= 4 is 17.9 Å². The van der Waals surface area contributed by atoms with Gasteiger partial charge in [0.25, 0.3) is 0 Å². The van der Waals surface area contributed by atoms with E-state index in [1.807, 2.05) is 62.4 Å². The molecule has 0 aliphatic carbocycles. The van der Waals surface area contributed by atoms with E-state index in [-0.39, 0.29) is 43.6 Å². The van der Waals surface area contributed by atoms with E-state index in [1.165, 1.54) is 4.90 Å². The third kappa shape index (κ3) is 9.08. The van der Waals surface area contributed by atoms with Crippen LogP contribution in [0.15, 0.2) is 72.8 Å². The van der Waals surface area contributed by atoms with Gasteiger partial charge in [0.2, 0.25) is 11.8 Å². The van der Waals surface area contributed by atoms with E-state index in [4.69, 9.17) is 5.73 Å². The second kappa shape index (κ2) is 13.8. The van der Waals surface area contributed by atoms with Gasteiger partial charge in [0.15, 0.2) is 0 Å². The normalized spacial score (nSPS) is 12.7. The van der Waals surface area contributed by atoms with E-state index >= 15 is 0 Å². The van der Waals surface area contributed by atoms with Gasteiger partial charge in [0.1, 0.15) is 5.75 Å². The maximum atomic E-state index is 13.6. The number of rotatable bonds is 12. The fourth-order valence-electron chi connectivity index (χ4n) is 4.95. The number of nitrogens with zero attached hydrogens (tertiary/aromatic N) is 1. The molecule has 41 heavy (non-hydrogen) atoms. The zero-order chi connectivity index (χ0) is 30.2. The molecule has 0 saturated heterocycles. The van der Waals surface area contributed by atoms with E-state index in [0.717, 1.165) is 22.3 Å². The molecule has 0 aromatic heterocycles. The Balaban J connectivity index is 1.67. The summed E-state index contributed by atoms with van der Waals surface area (Å²) in [6.45, 7) is 7.52. The zero-order valence-electron chi connectivity index (χ0n) is 24.1. The first kappa shape index (κ1) is 31.2. The molecule has 0 aliphatic heterocycles. The second-order valence-electron chi connectivity index (χ2n) is 11.1. The van der Waals surface area contributed by atoms with Crippen LogP contribution in [0.25, 0.3) is 0 Å². The molecule has 3 aromatic rings. The van der Waals surface area contributed by atoms with Crippen molar-refractivity contribution in [2.75, 3.05) is 13.1 Å². The molecule has 3 aromatic carbocycles. The minimum Gasteiger partial charge on any atom is -0.508 e. The molecule has 3 rings (SSSR count). The lowest BCUT2D eigenvalue weighted by atomic mass is 9.94. The van der Waals surface area contributed by atoms with Gasteiger partial charge in [0, 0.05) is 32.1 Å². The summed E-state index contributed by atoms with van der Waals surface area (Å²) in [5.74, 6) is -1.23. The number of phenolic OH excluding ortho intramolecular Hbond substituents is 1. The summed E-state index contributed by atoms with van der Waals surface area (Å²) in [5, 5.41) is 25.6. The molecule has 9 nitrogen and oxygen atoms in total. The summed E-state index contributed by atoms with van der Waals surface area (Å²) < 4.78 is 0. The quantitative estimate of drug-likeness (QED) is 0.222. The molecule has 0 radical (unpaired) electrons. The molecule has 2 atom stereocenters. The van der Waals surface area contributed by atoms with Gasteiger partial charge in [-0.15, -0.1) is 0 Å². The van der Waals surface area contributed by atoms with Crippen molar-refractivity contribution in [1.29, 1.82) is 0 Å². The molecule has 0 spiro atoms. The molecule has 0 saturated carbocycles. The summed E-state index contributed by atoms with van der Waals surface area (Å²) in [4.78, 5) is 39.7. The van der Waals surface area contributed by atoms with Crippen molar-refractivity contribution in [3.05, 3.63) is 101 Å². The lowest BCUT2D eigenvalue weighted by Gasteiger charge is -2.31. The van der Waals surface area contributed by atoms with Crippen LogP contribution < -0.4 is 16.4 Å². The van der Waals surface area contributed by atoms with Gasteiger partial charge in [0.05, 0.1) is 11.5 Å². The van der Waals surface area contributed by atoms with Crippen molar-refractivity contribution in [1.82, 2.24) is 15.5 Å². The molecule has 3 amide bonds. The smallest absolute Gasteiger partial charge is 0.407 e. The minimum absolute atomic E-state index is 0.0379. The van der Waals surface area contributed by atoms with E-state index in [2.05, 4.69) is 10.6 Å². The number of aryl methyl sites for hydroxylation is 2. The Morgan fingerprint density at radius 3 is 2.07 bits per heavy atom. The van der Waals surface area contributed by atoms with Gasteiger partial charge in [-0.1, -0.05) is 60.7 Å². The number of carbonyl (C=O) groups is 3. The lowest BCUT2D eigenvalue weighted by molar-refractivity contribution is -0.126. The number of hydrogen-bond acceptors (Lipinski definition) is 5. The summed E-state index contributed by atoms with van der Waals surface area (Å²) in [5.41, 5.74) is 9.45. The molecule has 9 heteroatoms. The van der Waals surface area contributed by atoms with Gasteiger partial charge in [-0.2, -0.15) is 0 Å². The van der Waals surface area contributed by atoms with Crippen LogP contribution in [0.5, 0.6) is 5.75 Å². The number of nitrogens with two attached hydrogens (primary N) is 1. The standard InChI is InChI=1S/C32H40N4O5/c1-21-15-25(37)16-22(2)29(21)27(33)17-28(38)34-20-32(3,4)35-30(39)26(24-13-9-6-10-14-24)19-36(31(40)41)18-23-11-7-5-8-12-23/h5-16,26-27,37H,17-20,33H2,1-4H3,(H,34,38)(H,35,39)(H,40,41). The maximum Gasteiger partial charge on any atom is 0.407 e. The van der Waals surface area contributed by atoms with E-state index in [1.54, 1.807) is 38.1 Å². The van der Waals surface area contributed by atoms with Crippen LogP contribution in [0, 0.1) is 13.8 Å². The van der Waals surface area contributed by atoms with Gasteiger partial charge in [-0.3, -0.25) is 9.59 Å². The summed E-state index contributed by atoms with van der Waals surface area (Å²) >= 11 is 0. The number of hydrogen-bond donors (Lipinski definition) is 5. The fourth-order valence-corrected chi connectivity index (χ4v) is 4.95. The maximum absolute atomic E-state index is 13.6. The van der Waals surface area contributed by atoms with Crippen LogP contribution in [0.1, 0.15) is 60.0 Å². The Labute approximate surface area is 241 Å². The summed E-state index contributed by atoms with van der Waals surface area (Å²) in [7, 11) is 0. The first-order chi connectivity index (χ1) is 19.4. The topological polar surface area (TPSA) is 145 Å². The Morgan fingerprint density at radius 2 is 1.51 bits per heavy atom. The van der Waals surface area contributed by atoms with Crippen LogP contribution in [0.4, 0.5) is 4.79 Å². The third-order valence-corrected chi connectivity index (χ3v) is 6.95. The van der Waals surface area contributed by atoms with E-state index < -0.39 is 23.6 Å². The average Bonchev–Trinajstić information content (AvgIpc) is 2.90. The minimum atomic E-state index is -1.12. The summed E-state index contributed by atoms with van der Waals surface area (Å²) in [6, 6.07) is 21.0. The van der Waals surface area contributed by atoms with Gasteiger partial charge >= 0.3 is 6.09 Å². The number of nitrogens with one attached hydrogen (secondary N) is 2. The van der Waals surface area contributed by atoms with Crippen LogP contribution in [0.2, 0.25) is 0 Å². The van der Waals surface area contributed by atoms with Crippen molar-refractivity contribution in [2.24, 2.45) is 5.73 Å². The molecule has 0 aliphatic rings. The number of benzene rings is 3. The second-order valence-corrected chi connectivity index (χ2v) is 11.1. The molecule has 0 heterocycles. The largest absolute Gasteiger partial charge is 0.508 e.